The predicted octanol–water partition coefficient (Wildman–Crippen LogP) is -0.109. The van der Waals surface area contributed by atoms with Gasteiger partial charge in [-0.3, -0.25) is 24.5 Å². The standard InChI is InChI=1S/C18H27N5O3/c1-18(2)16(25)23(17(26)20-18)13-15(24)12-22-9-7-21(8-10-22)11-14-5-3-4-6-19-14/h3-6,15,24H,7-13H2,1-2H3,(H,20,26)/t15-/m0/s1. The third-order valence-corrected chi connectivity index (χ3v) is 4.88. The number of hydrogen-bond donors (Lipinski definition) is 2. The molecule has 3 rings (SSSR count). The molecular formula is C18H27N5O3. The molecule has 2 aliphatic heterocycles. The van der Waals surface area contributed by atoms with E-state index in [-0.39, 0.29) is 12.5 Å². The van der Waals surface area contributed by atoms with Crippen molar-refractivity contribution in [3.63, 3.8) is 0 Å². The van der Waals surface area contributed by atoms with Crippen molar-refractivity contribution in [2.75, 3.05) is 39.3 Å². The van der Waals surface area contributed by atoms with Gasteiger partial charge in [-0.2, -0.15) is 0 Å². The van der Waals surface area contributed by atoms with Gasteiger partial charge in [0, 0.05) is 45.5 Å². The minimum Gasteiger partial charge on any atom is -0.390 e. The number of hydrogen-bond acceptors (Lipinski definition) is 6. The molecule has 1 atom stereocenters. The molecule has 26 heavy (non-hydrogen) atoms. The first kappa shape index (κ1) is 18.8. The van der Waals surface area contributed by atoms with Gasteiger partial charge in [0.25, 0.3) is 5.91 Å². The summed E-state index contributed by atoms with van der Waals surface area (Å²) < 4.78 is 0. The van der Waals surface area contributed by atoms with Crippen LogP contribution in [0.4, 0.5) is 4.79 Å². The monoisotopic (exact) mass is 361 g/mol. The molecule has 0 bridgehead atoms. The van der Waals surface area contributed by atoms with Crippen LogP contribution < -0.4 is 5.32 Å². The third kappa shape index (κ3) is 4.38. The third-order valence-electron chi connectivity index (χ3n) is 4.88. The van der Waals surface area contributed by atoms with E-state index in [1.807, 2.05) is 18.2 Å². The molecule has 3 heterocycles. The maximum atomic E-state index is 12.2. The van der Waals surface area contributed by atoms with Crippen molar-refractivity contribution in [2.24, 2.45) is 0 Å². The summed E-state index contributed by atoms with van der Waals surface area (Å²) in [6.45, 7) is 8.14. The van der Waals surface area contributed by atoms with Crippen LogP contribution in [0.1, 0.15) is 19.5 Å². The second-order valence-electron chi connectivity index (χ2n) is 7.52. The van der Waals surface area contributed by atoms with E-state index in [0.29, 0.717) is 6.54 Å². The summed E-state index contributed by atoms with van der Waals surface area (Å²) in [5.41, 5.74) is 0.163. The number of rotatable bonds is 6. The molecule has 0 radical (unpaired) electrons. The van der Waals surface area contributed by atoms with E-state index in [0.717, 1.165) is 43.3 Å². The molecule has 1 aromatic heterocycles. The lowest BCUT2D eigenvalue weighted by molar-refractivity contribution is -0.131. The lowest BCUT2D eigenvalue weighted by Crippen LogP contribution is -2.50. The van der Waals surface area contributed by atoms with Crippen LogP contribution in [0.5, 0.6) is 0 Å². The highest BCUT2D eigenvalue weighted by atomic mass is 16.3. The SMILES string of the molecule is CC1(C)NC(=O)N(C[C@@H](O)CN2CCN(Cc3ccccn3)CC2)C1=O. The van der Waals surface area contributed by atoms with Crippen LogP contribution in [0.25, 0.3) is 0 Å². The fourth-order valence-corrected chi connectivity index (χ4v) is 3.40. The Morgan fingerprint density at radius 1 is 1.15 bits per heavy atom. The van der Waals surface area contributed by atoms with E-state index in [1.54, 1.807) is 20.0 Å². The van der Waals surface area contributed by atoms with E-state index >= 15 is 0 Å². The zero-order valence-corrected chi connectivity index (χ0v) is 15.4. The van der Waals surface area contributed by atoms with Gasteiger partial charge in [0.05, 0.1) is 18.3 Å². The molecule has 2 N–H and O–H groups in total. The topological polar surface area (TPSA) is 89.0 Å². The summed E-state index contributed by atoms with van der Waals surface area (Å²) in [6, 6.07) is 5.50. The van der Waals surface area contributed by atoms with E-state index in [1.165, 1.54) is 0 Å². The first-order chi connectivity index (χ1) is 12.3. The van der Waals surface area contributed by atoms with Gasteiger partial charge in [0.2, 0.25) is 0 Å². The summed E-state index contributed by atoms with van der Waals surface area (Å²) in [6.07, 6.45) is 1.06. The minimum atomic E-state index is -0.895. The van der Waals surface area contributed by atoms with Gasteiger partial charge in [-0.1, -0.05) is 6.07 Å². The van der Waals surface area contributed by atoms with Gasteiger partial charge >= 0.3 is 6.03 Å². The average molecular weight is 361 g/mol. The molecule has 8 heteroatoms. The number of aliphatic hydroxyl groups excluding tert-OH is 1. The minimum absolute atomic E-state index is 0.0300. The molecule has 3 amide bonds. The van der Waals surface area contributed by atoms with Gasteiger partial charge in [-0.15, -0.1) is 0 Å². The van der Waals surface area contributed by atoms with Gasteiger partial charge in [-0.05, 0) is 26.0 Å². The predicted molar refractivity (Wildman–Crippen MR) is 96.3 cm³/mol. The Hall–Kier alpha value is -2.03. The Balaban J connectivity index is 1.43. The second kappa shape index (κ2) is 7.69. The highest BCUT2D eigenvalue weighted by molar-refractivity contribution is 6.06. The fraction of sp³-hybridized carbons (Fsp3) is 0.611. The van der Waals surface area contributed by atoms with Crippen LogP contribution in [0.2, 0.25) is 0 Å². The molecular weight excluding hydrogens is 334 g/mol. The maximum Gasteiger partial charge on any atom is 0.325 e. The van der Waals surface area contributed by atoms with Gasteiger partial charge < -0.3 is 10.4 Å². The van der Waals surface area contributed by atoms with Crippen molar-refractivity contribution in [3.05, 3.63) is 30.1 Å². The molecule has 8 nitrogen and oxygen atoms in total. The molecule has 2 fully saturated rings. The molecule has 2 aliphatic rings. The number of aromatic nitrogens is 1. The number of nitrogens with zero attached hydrogens (tertiary/aromatic N) is 4. The molecule has 0 aromatic carbocycles. The molecule has 0 unspecified atom stereocenters. The zero-order valence-electron chi connectivity index (χ0n) is 15.4. The van der Waals surface area contributed by atoms with Crippen LogP contribution >= 0.6 is 0 Å². The summed E-state index contributed by atoms with van der Waals surface area (Å²) in [5, 5.41) is 13.0. The van der Waals surface area contributed by atoms with Crippen LogP contribution in [0.15, 0.2) is 24.4 Å². The van der Waals surface area contributed by atoms with Crippen molar-refractivity contribution in [3.8, 4) is 0 Å². The number of amides is 3. The number of imide groups is 1. The Labute approximate surface area is 153 Å². The zero-order chi connectivity index (χ0) is 18.7. The van der Waals surface area contributed by atoms with Gasteiger partial charge in [-0.25, -0.2) is 4.79 Å². The quantitative estimate of drug-likeness (QED) is 0.688. The van der Waals surface area contributed by atoms with E-state index in [4.69, 9.17) is 0 Å². The lowest BCUT2D eigenvalue weighted by atomic mass is 10.1. The lowest BCUT2D eigenvalue weighted by Gasteiger charge is -2.35. The maximum absolute atomic E-state index is 12.2. The number of nitrogens with one attached hydrogen (secondary N) is 1. The number of carbonyl (C=O) groups excluding carboxylic acids is 2. The number of carbonyl (C=O) groups is 2. The smallest absolute Gasteiger partial charge is 0.325 e. The second-order valence-corrected chi connectivity index (χ2v) is 7.52. The Morgan fingerprint density at radius 3 is 2.42 bits per heavy atom. The van der Waals surface area contributed by atoms with Crippen LogP contribution in [-0.4, -0.2) is 87.6 Å². The summed E-state index contributed by atoms with van der Waals surface area (Å²) in [5.74, 6) is -0.290. The molecule has 0 spiro atoms. The van der Waals surface area contributed by atoms with Crippen molar-refractivity contribution in [2.45, 2.75) is 32.0 Å². The number of β-amino-alcohol motifs (C(OH)–C–C–N with tert-alkyl or cyclic N) is 1. The van der Waals surface area contributed by atoms with E-state index < -0.39 is 17.7 Å². The molecule has 0 saturated carbocycles. The van der Waals surface area contributed by atoms with Crippen molar-refractivity contribution in [1.29, 1.82) is 0 Å². The largest absolute Gasteiger partial charge is 0.390 e. The highest BCUT2D eigenvalue weighted by Crippen LogP contribution is 2.17. The number of aliphatic hydroxyl groups is 1. The first-order valence-corrected chi connectivity index (χ1v) is 9.02. The summed E-state index contributed by atoms with van der Waals surface area (Å²) in [7, 11) is 0. The van der Waals surface area contributed by atoms with E-state index in [9.17, 15) is 14.7 Å². The molecule has 1 aromatic rings. The molecule has 2 saturated heterocycles. The number of pyridine rings is 1. The number of urea groups is 1. The first-order valence-electron chi connectivity index (χ1n) is 9.02. The van der Waals surface area contributed by atoms with Crippen LogP contribution in [-0.2, 0) is 11.3 Å². The molecule has 142 valence electrons. The van der Waals surface area contributed by atoms with E-state index in [2.05, 4.69) is 20.1 Å². The normalized spacial score (nSPS) is 22.5. The fourth-order valence-electron chi connectivity index (χ4n) is 3.40. The summed E-state index contributed by atoms with van der Waals surface area (Å²) in [4.78, 5) is 34.1. The molecule has 0 aliphatic carbocycles. The summed E-state index contributed by atoms with van der Waals surface area (Å²) >= 11 is 0. The van der Waals surface area contributed by atoms with Gasteiger partial charge in [0.1, 0.15) is 5.54 Å². The number of piperazine rings is 1. The Bertz CT molecular complexity index is 643. The van der Waals surface area contributed by atoms with Crippen LogP contribution in [0, 0.1) is 0 Å². The Kier molecular flexibility index (Phi) is 5.55. The van der Waals surface area contributed by atoms with Crippen molar-refractivity contribution < 1.29 is 14.7 Å². The van der Waals surface area contributed by atoms with Crippen molar-refractivity contribution >= 4 is 11.9 Å². The van der Waals surface area contributed by atoms with Crippen molar-refractivity contribution in [1.82, 2.24) is 25.0 Å². The average Bonchev–Trinajstić information content (AvgIpc) is 2.79. The van der Waals surface area contributed by atoms with Gasteiger partial charge in [0.15, 0.2) is 0 Å². The highest BCUT2D eigenvalue weighted by Gasteiger charge is 2.44. The van der Waals surface area contributed by atoms with Crippen LogP contribution in [0.3, 0.4) is 0 Å². The Morgan fingerprint density at radius 2 is 1.85 bits per heavy atom.